The summed E-state index contributed by atoms with van der Waals surface area (Å²) < 4.78 is 25.0. The second-order valence-electron chi connectivity index (χ2n) is 3.27. The van der Waals surface area contributed by atoms with E-state index in [1.54, 1.807) is 0 Å². The van der Waals surface area contributed by atoms with Crippen LogP contribution in [0.4, 0.5) is 8.78 Å². The van der Waals surface area contributed by atoms with Crippen molar-refractivity contribution in [2.75, 3.05) is 0 Å². The zero-order chi connectivity index (χ0) is 10.8. The zero-order valence-corrected chi connectivity index (χ0v) is 7.67. The lowest BCUT2D eigenvalue weighted by Gasteiger charge is -2.23. The third-order valence-electron chi connectivity index (χ3n) is 2.09. The summed E-state index contributed by atoms with van der Waals surface area (Å²) in [5, 5.41) is 8.51. The Labute approximate surface area is 81.0 Å². The number of hydrogen-bond acceptors (Lipinski definition) is 2. The summed E-state index contributed by atoms with van der Waals surface area (Å²) in [4.78, 5) is 0. The minimum Gasteiger partial charge on any atom is -0.317 e. The van der Waals surface area contributed by atoms with Gasteiger partial charge in [0.1, 0.15) is 0 Å². The SMILES string of the molecule is CC(N)(c1ccc(C#N)cc1)C(F)F. The van der Waals surface area contributed by atoms with Gasteiger partial charge in [-0.1, -0.05) is 12.1 Å². The molecule has 0 spiro atoms. The van der Waals surface area contributed by atoms with Crippen molar-refractivity contribution in [3.8, 4) is 6.07 Å². The van der Waals surface area contributed by atoms with Crippen molar-refractivity contribution >= 4 is 0 Å². The van der Waals surface area contributed by atoms with E-state index in [9.17, 15) is 8.78 Å². The van der Waals surface area contributed by atoms with Crippen molar-refractivity contribution in [2.45, 2.75) is 18.9 Å². The van der Waals surface area contributed by atoms with Crippen LogP contribution >= 0.6 is 0 Å². The average molecular weight is 196 g/mol. The van der Waals surface area contributed by atoms with Gasteiger partial charge in [0, 0.05) is 0 Å². The topological polar surface area (TPSA) is 49.8 Å². The van der Waals surface area contributed by atoms with Gasteiger partial charge in [0.25, 0.3) is 6.43 Å². The van der Waals surface area contributed by atoms with Crippen molar-refractivity contribution < 1.29 is 8.78 Å². The molecule has 1 atom stereocenters. The van der Waals surface area contributed by atoms with Gasteiger partial charge in [-0.05, 0) is 24.6 Å². The summed E-state index contributed by atoms with van der Waals surface area (Å²) in [6.45, 7) is 1.26. The Morgan fingerprint density at radius 2 is 1.86 bits per heavy atom. The quantitative estimate of drug-likeness (QED) is 0.786. The van der Waals surface area contributed by atoms with Crippen LogP contribution in [-0.4, -0.2) is 6.43 Å². The van der Waals surface area contributed by atoms with Crippen LogP contribution in [0.2, 0.25) is 0 Å². The van der Waals surface area contributed by atoms with Crippen LogP contribution < -0.4 is 5.73 Å². The molecular formula is C10H10F2N2. The van der Waals surface area contributed by atoms with Gasteiger partial charge in [-0.3, -0.25) is 0 Å². The molecule has 0 aliphatic carbocycles. The smallest absolute Gasteiger partial charge is 0.260 e. The molecule has 0 aromatic heterocycles. The Kier molecular flexibility index (Phi) is 2.82. The third kappa shape index (κ3) is 1.88. The van der Waals surface area contributed by atoms with E-state index in [-0.39, 0.29) is 0 Å². The molecule has 2 nitrogen and oxygen atoms in total. The summed E-state index contributed by atoms with van der Waals surface area (Å²) in [6, 6.07) is 7.75. The van der Waals surface area contributed by atoms with Crippen molar-refractivity contribution in [1.82, 2.24) is 0 Å². The Bertz CT molecular complexity index is 349. The molecule has 0 saturated carbocycles. The van der Waals surface area contributed by atoms with Gasteiger partial charge >= 0.3 is 0 Å². The number of hydrogen-bond donors (Lipinski definition) is 1. The summed E-state index contributed by atoms with van der Waals surface area (Å²) in [5.74, 6) is 0. The van der Waals surface area contributed by atoms with Gasteiger partial charge in [0.15, 0.2) is 0 Å². The molecule has 1 aromatic rings. The Hall–Kier alpha value is -1.47. The van der Waals surface area contributed by atoms with Gasteiger partial charge < -0.3 is 5.73 Å². The molecule has 4 heteroatoms. The van der Waals surface area contributed by atoms with Gasteiger partial charge in [0.05, 0.1) is 17.2 Å². The van der Waals surface area contributed by atoms with E-state index < -0.39 is 12.0 Å². The highest BCUT2D eigenvalue weighted by Gasteiger charge is 2.31. The van der Waals surface area contributed by atoms with Crippen molar-refractivity contribution in [3.05, 3.63) is 35.4 Å². The third-order valence-corrected chi connectivity index (χ3v) is 2.09. The first-order chi connectivity index (χ1) is 6.48. The number of rotatable bonds is 2. The van der Waals surface area contributed by atoms with E-state index in [1.807, 2.05) is 6.07 Å². The van der Waals surface area contributed by atoms with E-state index in [4.69, 9.17) is 11.0 Å². The molecule has 1 aromatic carbocycles. The van der Waals surface area contributed by atoms with Crippen molar-refractivity contribution in [2.24, 2.45) is 5.73 Å². The molecule has 0 fully saturated rings. The number of alkyl halides is 2. The maximum Gasteiger partial charge on any atom is 0.260 e. The first-order valence-corrected chi connectivity index (χ1v) is 4.06. The van der Waals surface area contributed by atoms with Gasteiger partial charge in [-0.25, -0.2) is 8.78 Å². The zero-order valence-electron chi connectivity index (χ0n) is 7.67. The van der Waals surface area contributed by atoms with E-state index in [1.165, 1.54) is 31.2 Å². The summed E-state index contributed by atoms with van der Waals surface area (Å²) >= 11 is 0. The molecule has 2 N–H and O–H groups in total. The Balaban J connectivity index is 3.04. The van der Waals surface area contributed by atoms with Crippen molar-refractivity contribution in [3.63, 3.8) is 0 Å². The van der Waals surface area contributed by atoms with E-state index >= 15 is 0 Å². The minimum atomic E-state index is -2.63. The van der Waals surface area contributed by atoms with Gasteiger partial charge in [0.2, 0.25) is 0 Å². The molecule has 74 valence electrons. The van der Waals surface area contributed by atoms with Gasteiger partial charge in [-0.15, -0.1) is 0 Å². The number of nitrogens with two attached hydrogens (primary N) is 1. The normalized spacial score (nSPS) is 14.9. The highest BCUT2D eigenvalue weighted by Crippen LogP contribution is 2.25. The predicted octanol–water partition coefficient (Wildman–Crippen LogP) is 2.00. The minimum absolute atomic E-state index is 0.325. The maximum absolute atomic E-state index is 12.5. The van der Waals surface area contributed by atoms with Crippen LogP contribution in [-0.2, 0) is 5.54 Å². The molecule has 0 aliphatic rings. The first kappa shape index (κ1) is 10.6. The molecule has 1 unspecified atom stereocenters. The Morgan fingerprint density at radius 1 is 1.36 bits per heavy atom. The predicted molar refractivity (Wildman–Crippen MR) is 48.7 cm³/mol. The van der Waals surface area contributed by atoms with E-state index in [0.29, 0.717) is 11.1 Å². The first-order valence-electron chi connectivity index (χ1n) is 4.06. The van der Waals surface area contributed by atoms with Gasteiger partial charge in [-0.2, -0.15) is 5.26 Å². The summed E-state index contributed by atoms with van der Waals surface area (Å²) in [5.41, 5.74) is 4.54. The molecular weight excluding hydrogens is 186 g/mol. The lowest BCUT2D eigenvalue weighted by molar-refractivity contribution is 0.0625. The molecule has 14 heavy (non-hydrogen) atoms. The van der Waals surface area contributed by atoms with Crippen LogP contribution in [0.3, 0.4) is 0 Å². The largest absolute Gasteiger partial charge is 0.317 e. The fraction of sp³-hybridized carbons (Fsp3) is 0.300. The Morgan fingerprint density at radius 3 is 2.21 bits per heavy atom. The monoisotopic (exact) mass is 196 g/mol. The average Bonchev–Trinajstić information content (AvgIpc) is 2.17. The lowest BCUT2D eigenvalue weighted by atomic mass is 9.93. The molecule has 0 saturated heterocycles. The van der Waals surface area contributed by atoms with Crippen molar-refractivity contribution in [1.29, 1.82) is 5.26 Å². The van der Waals surface area contributed by atoms with Crippen LogP contribution in [0.1, 0.15) is 18.1 Å². The summed E-state index contributed by atoms with van der Waals surface area (Å²) in [6.07, 6.45) is -2.63. The lowest BCUT2D eigenvalue weighted by Crippen LogP contribution is -2.40. The van der Waals surface area contributed by atoms with Crippen LogP contribution in [0.5, 0.6) is 0 Å². The number of nitrogens with zero attached hydrogens (tertiary/aromatic N) is 1. The number of halogens is 2. The maximum atomic E-state index is 12.5. The second kappa shape index (κ2) is 3.72. The fourth-order valence-corrected chi connectivity index (χ4v) is 1.03. The molecule has 0 amide bonds. The fourth-order valence-electron chi connectivity index (χ4n) is 1.03. The van der Waals surface area contributed by atoms with Crippen LogP contribution in [0.25, 0.3) is 0 Å². The second-order valence-corrected chi connectivity index (χ2v) is 3.27. The molecule has 1 rings (SSSR count). The highest BCUT2D eigenvalue weighted by molar-refractivity contribution is 5.34. The molecule has 0 heterocycles. The van der Waals surface area contributed by atoms with Crippen LogP contribution in [0.15, 0.2) is 24.3 Å². The van der Waals surface area contributed by atoms with E-state index in [2.05, 4.69) is 0 Å². The molecule has 0 aliphatic heterocycles. The molecule has 0 radical (unpaired) electrons. The summed E-state index contributed by atoms with van der Waals surface area (Å²) in [7, 11) is 0. The van der Waals surface area contributed by atoms with Crippen LogP contribution in [0, 0.1) is 11.3 Å². The molecule has 0 bridgehead atoms. The highest BCUT2D eigenvalue weighted by atomic mass is 19.3. The van der Waals surface area contributed by atoms with E-state index in [0.717, 1.165) is 0 Å². The number of benzene rings is 1. The number of nitriles is 1. The standard InChI is InChI=1S/C10H10F2N2/c1-10(14,9(11)12)8-4-2-7(6-13)3-5-8/h2-5,9H,14H2,1H3.